The molecule has 3 rings (SSSR count). The summed E-state index contributed by atoms with van der Waals surface area (Å²) in [4.78, 5) is 4.24. The Kier molecular flexibility index (Phi) is 1.71. The minimum absolute atomic E-state index is 0.610. The molecule has 1 aliphatic heterocycles. The predicted octanol–water partition coefficient (Wildman–Crippen LogP) is 1.77. The van der Waals surface area contributed by atoms with E-state index in [2.05, 4.69) is 29.4 Å². The van der Waals surface area contributed by atoms with Crippen LogP contribution in [-0.4, -0.2) is 17.6 Å². The van der Waals surface area contributed by atoms with Gasteiger partial charge in [0.15, 0.2) is 0 Å². The van der Waals surface area contributed by atoms with Crippen molar-refractivity contribution in [2.75, 3.05) is 6.54 Å². The molecule has 1 N–H and O–H groups in total. The molecule has 2 heteroatoms. The fraction of sp³-hybridized carbons (Fsp3) is 0.417. The molecule has 2 nitrogen and oxygen atoms in total. The highest BCUT2D eigenvalue weighted by molar-refractivity contribution is 5.73. The van der Waals surface area contributed by atoms with E-state index in [0.717, 1.165) is 5.92 Å². The lowest BCUT2D eigenvalue weighted by Crippen LogP contribution is -2.50. The molecule has 0 unspecified atom stereocenters. The molecule has 1 aromatic heterocycles. The monoisotopic (exact) mass is 186 g/mol. The van der Waals surface area contributed by atoms with Crippen LogP contribution >= 0.6 is 0 Å². The van der Waals surface area contributed by atoms with Crippen LogP contribution in [0.2, 0.25) is 0 Å². The number of allylic oxidation sites excluding steroid dienone is 1. The van der Waals surface area contributed by atoms with Gasteiger partial charge in [0.25, 0.3) is 0 Å². The van der Waals surface area contributed by atoms with Gasteiger partial charge in [-0.3, -0.25) is 4.98 Å². The van der Waals surface area contributed by atoms with E-state index in [-0.39, 0.29) is 0 Å². The van der Waals surface area contributed by atoms with E-state index in [0.29, 0.717) is 6.04 Å². The van der Waals surface area contributed by atoms with E-state index in [1.54, 1.807) is 0 Å². The highest BCUT2D eigenvalue weighted by Gasteiger charge is 2.36. The first-order valence-corrected chi connectivity index (χ1v) is 5.20. The Morgan fingerprint density at radius 2 is 2.36 bits per heavy atom. The SMILES string of the molecule is Cc1cncc(C2=CC[C@H]3CN[C@@H]23)c1. The second kappa shape index (κ2) is 2.92. The van der Waals surface area contributed by atoms with E-state index >= 15 is 0 Å². The average Bonchev–Trinajstić information content (AvgIpc) is 2.41. The van der Waals surface area contributed by atoms with E-state index in [4.69, 9.17) is 0 Å². The summed E-state index contributed by atoms with van der Waals surface area (Å²) in [7, 11) is 0. The van der Waals surface area contributed by atoms with Crippen LogP contribution in [-0.2, 0) is 0 Å². The van der Waals surface area contributed by atoms with Crippen LogP contribution in [0.15, 0.2) is 24.5 Å². The third-order valence-corrected chi connectivity index (χ3v) is 3.26. The molecule has 0 aromatic carbocycles. The maximum atomic E-state index is 4.24. The van der Waals surface area contributed by atoms with Gasteiger partial charge in [0.1, 0.15) is 0 Å². The van der Waals surface area contributed by atoms with Crippen molar-refractivity contribution in [3.05, 3.63) is 35.7 Å². The summed E-state index contributed by atoms with van der Waals surface area (Å²) in [6.07, 6.45) is 7.48. The largest absolute Gasteiger partial charge is 0.309 e. The number of fused-ring (bicyclic) bond motifs is 1. The number of aromatic nitrogens is 1. The molecule has 1 aromatic rings. The lowest BCUT2D eigenvalue weighted by Gasteiger charge is -2.34. The zero-order valence-corrected chi connectivity index (χ0v) is 8.33. The Bertz CT molecular complexity index is 395. The Labute approximate surface area is 84.1 Å². The van der Waals surface area contributed by atoms with Crippen LogP contribution < -0.4 is 5.32 Å². The van der Waals surface area contributed by atoms with E-state index in [1.165, 1.54) is 29.7 Å². The van der Waals surface area contributed by atoms with Gasteiger partial charge in [-0.1, -0.05) is 6.08 Å². The van der Waals surface area contributed by atoms with Gasteiger partial charge in [-0.05, 0) is 42.0 Å². The summed E-state index contributed by atoms with van der Waals surface area (Å²) >= 11 is 0. The first-order chi connectivity index (χ1) is 6.84. The maximum absolute atomic E-state index is 4.24. The summed E-state index contributed by atoms with van der Waals surface area (Å²) in [6, 6.07) is 2.83. The maximum Gasteiger partial charge on any atom is 0.0367 e. The first kappa shape index (κ1) is 8.18. The van der Waals surface area contributed by atoms with Crippen molar-refractivity contribution in [3.8, 4) is 0 Å². The van der Waals surface area contributed by atoms with Crippen LogP contribution in [0.1, 0.15) is 17.5 Å². The molecule has 14 heavy (non-hydrogen) atoms. The summed E-state index contributed by atoms with van der Waals surface area (Å²) < 4.78 is 0. The molecule has 1 aliphatic carbocycles. The number of pyridine rings is 1. The highest BCUT2D eigenvalue weighted by atomic mass is 15.0. The van der Waals surface area contributed by atoms with Crippen molar-refractivity contribution < 1.29 is 0 Å². The molecule has 72 valence electrons. The van der Waals surface area contributed by atoms with Crippen molar-refractivity contribution >= 4 is 5.57 Å². The quantitative estimate of drug-likeness (QED) is 0.723. The fourth-order valence-corrected chi connectivity index (χ4v) is 2.40. The fourth-order valence-electron chi connectivity index (χ4n) is 2.40. The van der Waals surface area contributed by atoms with Crippen molar-refractivity contribution in [2.45, 2.75) is 19.4 Å². The predicted molar refractivity (Wildman–Crippen MR) is 56.8 cm³/mol. The van der Waals surface area contributed by atoms with Gasteiger partial charge < -0.3 is 5.32 Å². The van der Waals surface area contributed by atoms with Gasteiger partial charge in [-0.25, -0.2) is 0 Å². The number of aryl methyl sites for hydroxylation is 1. The van der Waals surface area contributed by atoms with Crippen LogP contribution in [0.3, 0.4) is 0 Å². The van der Waals surface area contributed by atoms with Gasteiger partial charge in [0.2, 0.25) is 0 Å². The number of hydrogen-bond donors (Lipinski definition) is 1. The smallest absolute Gasteiger partial charge is 0.0367 e. The summed E-state index contributed by atoms with van der Waals surface area (Å²) in [5.74, 6) is 0.852. The first-order valence-electron chi connectivity index (χ1n) is 5.20. The second-order valence-corrected chi connectivity index (χ2v) is 4.29. The molecule has 1 saturated heterocycles. The molecule has 0 radical (unpaired) electrons. The van der Waals surface area contributed by atoms with Crippen molar-refractivity contribution in [2.24, 2.45) is 5.92 Å². The van der Waals surface area contributed by atoms with Crippen molar-refractivity contribution in [1.82, 2.24) is 10.3 Å². The molecule has 2 atom stereocenters. The number of nitrogens with zero attached hydrogens (tertiary/aromatic N) is 1. The minimum atomic E-state index is 0.610. The third-order valence-electron chi connectivity index (χ3n) is 3.26. The minimum Gasteiger partial charge on any atom is -0.309 e. The van der Waals surface area contributed by atoms with Gasteiger partial charge in [-0.15, -0.1) is 0 Å². The van der Waals surface area contributed by atoms with Crippen LogP contribution in [0.4, 0.5) is 0 Å². The lowest BCUT2D eigenvalue weighted by molar-refractivity contribution is 0.307. The Morgan fingerprint density at radius 3 is 3.00 bits per heavy atom. The molecule has 0 bridgehead atoms. The van der Waals surface area contributed by atoms with E-state index in [1.807, 2.05) is 12.4 Å². The van der Waals surface area contributed by atoms with Crippen molar-refractivity contribution in [3.63, 3.8) is 0 Å². The molecular formula is C12H14N2. The number of nitrogens with one attached hydrogen (secondary N) is 1. The highest BCUT2D eigenvalue weighted by Crippen LogP contribution is 2.37. The third kappa shape index (κ3) is 1.11. The van der Waals surface area contributed by atoms with E-state index in [9.17, 15) is 0 Å². The van der Waals surface area contributed by atoms with Crippen molar-refractivity contribution in [1.29, 1.82) is 0 Å². The van der Waals surface area contributed by atoms with Gasteiger partial charge in [0, 0.05) is 25.0 Å². The molecule has 1 fully saturated rings. The number of rotatable bonds is 1. The lowest BCUT2D eigenvalue weighted by atomic mass is 9.89. The standard InChI is InChI=1S/C12H14N2/c1-8-4-10(6-13-5-8)11-3-2-9-7-14-12(9)11/h3-6,9,12,14H,2,7H2,1H3/t9-,12+/m0/s1. The molecule has 2 heterocycles. The molecule has 0 saturated carbocycles. The number of hydrogen-bond acceptors (Lipinski definition) is 2. The van der Waals surface area contributed by atoms with Crippen LogP contribution in [0.5, 0.6) is 0 Å². The topological polar surface area (TPSA) is 24.9 Å². The summed E-state index contributed by atoms with van der Waals surface area (Å²) in [5, 5.41) is 3.48. The zero-order valence-electron chi connectivity index (χ0n) is 8.33. The van der Waals surface area contributed by atoms with Gasteiger partial charge >= 0.3 is 0 Å². The van der Waals surface area contributed by atoms with Crippen LogP contribution in [0, 0.1) is 12.8 Å². The van der Waals surface area contributed by atoms with E-state index < -0.39 is 0 Å². The zero-order chi connectivity index (χ0) is 9.54. The molecule has 0 amide bonds. The van der Waals surface area contributed by atoms with Crippen LogP contribution in [0.25, 0.3) is 5.57 Å². The average molecular weight is 186 g/mol. The van der Waals surface area contributed by atoms with Gasteiger partial charge in [-0.2, -0.15) is 0 Å². The summed E-state index contributed by atoms with van der Waals surface area (Å²) in [5.41, 5.74) is 3.99. The molecular weight excluding hydrogens is 172 g/mol. The molecule has 0 spiro atoms. The van der Waals surface area contributed by atoms with Gasteiger partial charge in [0.05, 0.1) is 0 Å². The Morgan fingerprint density at radius 1 is 1.43 bits per heavy atom. The molecule has 2 aliphatic rings. The second-order valence-electron chi connectivity index (χ2n) is 4.29. The summed E-state index contributed by atoms with van der Waals surface area (Å²) in [6.45, 7) is 3.28. The Hall–Kier alpha value is -1.15. The Balaban J connectivity index is 1.95. The normalized spacial score (nSPS) is 29.4.